The minimum atomic E-state index is 0.549. The van der Waals surface area contributed by atoms with Gasteiger partial charge in [-0.25, -0.2) is 4.98 Å². The van der Waals surface area contributed by atoms with E-state index in [9.17, 15) is 0 Å². The first-order valence-corrected chi connectivity index (χ1v) is 9.03. The van der Waals surface area contributed by atoms with Gasteiger partial charge in [-0.1, -0.05) is 11.6 Å². The van der Waals surface area contributed by atoms with Gasteiger partial charge < -0.3 is 15.4 Å². The Hall–Kier alpha value is -1.79. The van der Waals surface area contributed by atoms with Gasteiger partial charge in [0.05, 0.1) is 17.2 Å². The fourth-order valence-electron chi connectivity index (χ4n) is 2.02. The first-order valence-electron chi connectivity index (χ1n) is 7.84. The molecule has 5 nitrogen and oxygen atoms in total. The molecule has 7 heteroatoms. The lowest BCUT2D eigenvalue weighted by atomic mass is 10.3. The van der Waals surface area contributed by atoms with Crippen LogP contribution in [0, 0.1) is 13.8 Å². The van der Waals surface area contributed by atoms with Crippen molar-refractivity contribution in [2.75, 3.05) is 26.7 Å². The van der Waals surface area contributed by atoms with E-state index in [1.54, 1.807) is 18.4 Å². The standard InChI is InChI=1S/C17H23ClN4OS/c1-12-13(2)24-16(22-12)8-9-20-17(19-3)21-10-11-23-15-6-4-14(18)5-7-15/h4-7H,8-11H2,1-3H3,(H2,19,20,21). The molecule has 2 rings (SSSR count). The van der Waals surface area contributed by atoms with Gasteiger partial charge in [0, 0.05) is 29.9 Å². The Morgan fingerprint density at radius 3 is 2.54 bits per heavy atom. The Morgan fingerprint density at radius 2 is 1.92 bits per heavy atom. The predicted octanol–water partition coefficient (Wildman–Crippen LogP) is 3.20. The van der Waals surface area contributed by atoms with Gasteiger partial charge >= 0.3 is 0 Å². The fraction of sp³-hybridized carbons (Fsp3) is 0.412. The van der Waals surface area contributed by atoms with Crippen LogP contribution in [-0.4, -0.2) is 37.7 Å². The second-order valence-electron chi connectivity index (χ2n) is 5.23. The number of rotatable bonds is 7. The number of ether oxygens (including phenoxy) is 1. The summed E-state index contributed by atoms with van der Waals surface area (Å²) >= 11 is 7.59. The number of halogens is 1. The topological polar surface area (TPSA) is 58.5 Å². The highest BCUT2D eigenvalue weighted by atomic mass is 35.5. The number of hydrogen-bond donors (Lipinski definition) is 2. The van der Waals surface area contributed by atoms with Crippen LogP contribution in [0.15, 0.2) is 29.3 Å². The second kappa shape index (κ2) is 9.49. The fourth-order valence-corrected chi connectivity index (χ4v) is 3.08. The van der Waals surface area contributed by atoms with Crippen LogP contribution in [0.4, 0.5) is 0 Å². The van der Waals surface area contributed by atoms with Crippen molar-refractivity contribution in [2.24, 2.45) is 4.99 Å². The number of thiazole rings is 1. The van der Waals surface area contributed by atoms with E-state index in [1.165, 1.54) is 4.88 Å². The predicted molar refractivity (Wildman–Crippen MR) is 102 cm³/mol. The van der Waals surface area contributed by atoms with Crippen molar-refractivity contribution in [3.8, 4) is 5.75 Å². The second-order valence-corrected chi connectivity index (χ2v) is 6.95. The van der Waals surface area contributed by atoms with Gasteiger partial charge in [0.15, 0.2) is 5.96 Å². The third-order valence-electron chi connectivity index (χ3n) is 3.40. The van der Waals surface area contributed by atoms with E-state index >= 15 is 0 Å². The van der Waals surface area contributed by atoms with E-state index in [1.807, 2.05) is 31.2 Å². The van der Waals surface area contributed by atoms with Crippen molar-refractivity contribution in [1.82, 2.24) is 15.6 Å². The lowest BCUT2D eigenvalue weighted by Gasteiger charge is -2.12. The molecule has 0 aliphatic heterocycles. The van der Waals surface area contributed by atoms with Gasteiger partial charge in [0.1, 0.15) is 12.4 Å². The van der Waals surface area contributed by atoms with Crippen molar-refractivity contribution in [3.63, 3.8) is 0 Å². The maximum atomic E-state index is 5.84. The Balaban J connectivity index is 1.64. The van der Waals surface area contributed by atoms with Gasteiger partial charge in [0.2, 0.25) is 0 Å². The SMILES string of the molecule is CN=C(NCCOc1ccc(Cl)cc1)NCCc1nc(C)c(C)s1. The van der Waals surface area contributed by atoms with Crippen LogP contribution in [-0.2, 0) is 6.42 Å². The van der Waals surface area contributed by atoms with Gasteiger partial charge in [-0.15, -0.1) is 11.3 Å². The molecular formula is C17H23ClN4OS. The molecule has 0 amide bonds. The Morgan fingerprint density at radius 1 is 1.21 bits per heavy atom. The summed E-state index contributed by atoms with van der Waals surface area (Å²) in [6.07, 6.45) is 0.890. The zero-order valence-electron chi connectivity index (χ0n) is 14.2. The number of aromatic nitrogens is 1. The van der Waals surface area contributed by atoms with Crippen LogP contribution in [0.2, 0.25) is 5.02 Å². The van der Waals surface area contributed by atoms with Crippen LogP contribution in [0.25, 0.3) is 0 Å². The molecule has 0 radical (unpaired) electrons. The lowest BCUT2D eigenvalue weighted by Crippen LogP contribution is -2.40. The van der Waals surface area contributed by atoms with E-state index < -0.39 is 0 Å². The zero-order valence-corrected chi connectivity index (χ0v) is 15.8. The summed E-state index contributed by atoms with van der Waals surface area (Å²) in [5.74, 6) is 1.57. The number of hydrogen-bond acceptors (Lipinski definition) is 4. The van der Waals surface area contributed by atoms with Crippen molar-refractivity contribution < 1.29 is 4.74 Å². The van der Waals surface area contributed by atoms with E-state index in [0.29, 0.717) is 18.2 Å². The van der Waals surface area contributed by atoms with Crippen molar-refractivity contribution in [2.45, 2.75) is 20.3 Å². The first-order chi connectivity index (χ1) is 11.6. The molecular weight excluding hydrogens is 344 g/mol. The molecule has 2 aromatic rings. The molecule has 1 aromatic heterocycles. The average Bonchev–Trinajstić information content (AvgIpc) is 2.89. The number of nitrogens with zero attached hydrogens (tertiary/aromatic N) is 2. The van der Waals surface area contributed by atoms with Gasteiger partial charge in [0.25, 0.3) is 0 Å². The maximum absolute atomic E-state index is 5.84. The number of aryl methyl sites for hydroxylation is 2. The molecule has 0 fully saturated rings. The summed E-state index contributed by atoms with van der Waals surface area (Å²) in [6, 6.07) is 7.33. The molecule has 1 aromatic carbocycles. The van der Waals surface area contributed by atoms with E-state index in [-0.39, 0.29) is 0 Å². The Bertz CT molecular complexity index is 650. The zero-order chi connectivity index (χ0) is 17.4. The van der Waals surface area contributed by atoms with Crippen LogP contribution in [0.1, 0.15) is 15.6 Å². The summed E-state index contributed by atoms with van der Waals surface area (Å²) < 4.78 is 5.63. The molecule has 130 valence electrons. The summed E-state index contributed by atoms with van der Waals surface area (Å²) in [4.78, 5) is 10.0. The monoisotopic (exact) mass is 366 g/mol. The first kappa shape index (κ1) is 18.5. The quantitative estimate of drug-likeness (QED) is 0.449. The van der Waals surface area contributed by atoms with Gasteiger partial charge in [-0.3, -0.25) is 4.99 Å². The molecule has 2 N–H and O–H groups in total. The Kier molecular flexibility index (Phi) is 7.34. The lowest BCUT2D eigenvalue weighted by molar-refractivity contribution is 0.322. The van der Waals surface area contributed by atoms with Crippen LogP contribution in [0.3, 0.4) is 0 Å². The largest absolute Gasteiger partial charge is 0.492 e. The van der Waals surface area contributed by atoms with Crippen molar-refractivity contribution >= 4 is 28.9 Å². The minimum absolute atomic E-state index is 0.549. The molecule has 0 aliphatic rings. The summed E-state index contributed by atoms with van der Waals surface area (Å²) in [7, 11) is 1.76. The van der Waals surface area contributed by atoms with E-state index in [2.05, 4.69) is 27.5 Å². The number of guanidine groups is 1. The van der Waals surface area contributed by atoms with Crippen LogP contribution < -0.4 is 15.4 Å². The van der Waals surface area contributed by atoms with Gasteiger partial charge in [-0.2, -0.15) is 0 Å². The highest BCUT2D eigenvalue weighted by Gasteiger charge is 2.04. The highest BCUT2D eigenvalue weighted by molar-refractivity contribution is 7.11. The molecule has 0 saturated carbocycles. The minimum Gasteiger partial charge on any atom is -0.492 e. The maximum Gasteiger partial charge on any atom is 0.191 e. The molecule has 1 heterocycles. The van der Waals surface area contributed by atoms with E-state index in [0.717, 1.165) is 35.4 Å². The summed E-state index contributed by atoms with van der Waals surface area (Å²) in [5, 5.41) is 8.37. The Labute approximate surface area is 152 Å². The van der Waals surface area contributed by atoms with Crippen molar-refractivity contribution in [1.29, 1.82) is 0 Å². The molecule has 0 unspecified atom stereocenters. The number of benzene rings is 1. The van der Waals surface area contributed by atoms with E-state index in [4.69, 9.17) is 16.3 Å². The third-order valence-corrected chi connectivity index (χ3v) is 4.79. The highest BCUT2D eigenvalue weighted by Crippen LogP contribution is 2.16. The molecule has 0 bridgehead atoms. The molecule has 0 atom stereocenters. The van der Waals surface area contributed by atoms with Crippen molar-refractivity contribution in [3.05, 3.63) is 44.9 Å². The number of nitrogens with one attached hydrogen (secondary N) is 2. The smallest absolute Gasteiger partial charge is 0.191 e. The average molecular weight is 367 g/mol. The number of aliphatic imine (C=N–C) groups is 1. The normalized spacial score (nSPS) is 11.4. The third kappa shape index (κ3) is 6.02. The molecule has 24 heavy (non-hydrogen) atoms. The van der Waals surface area contributed by atoms with Gasteiger partial charge in [-0.05, 0) is 38.1 Å². The molecule has 0 aliphatic carbocycles. The molecule has 0 saturated heterocycles. The summed E-state index contributed by atoms with van der Waals surface area (Å²) in [5.41, 5.74) is 1.12. The summed E-state index contributed by atoms with van der Waals surface area (Å²) in [6.45, 7) is 6.16. The van der Waals surface area contributed by atoms with Crippen LogP contribution >= 0.6 is 22.9 Å². The van der Waals surface area contributed by atoms with Crippen LogP contribution in [0.5, 0.6) is 5.75 Å². The molecule has 0 spiro atoms.